The second kappa shape index (κ2) is 11.9. The van der Waals surface area contributed by atoms with Crippen molar-refractivity contribution in [1.29, 1.82) is 0 Å². The predicted octanol–water partition coefficient (Wildman–Crippen LogP) is 5.95. The van der Waals surface area contributed by atoms with Crippen molar-refractivity contribution < 1.29 is 0 Å². The second-order valence-electron chi connectivity index (χ2n) is 9.63. The first-order valence-electron chi connectivity index (χ1n) is 13.1. The maximum atomic E-state index is 13.8. The highest BCUT2D eigenvalue weighted by molar-refractivity contribution is 5.80. The maximum Gasteiger partial charge on any atom is 0.257 e. The second-order valence-corrected chi connectivity index (χ2v) is 9.63. The number of aryl methyl sites for hydroxylation is 1. The molecule has 36 heavy (non-hydrogen) atoms. The summed E-state index contributed by atoms with van der Waals surface area (Å²) in [6, 6.07) is 16.5. The lowest BCUT2D eigenvalue weighted by Gasteiger charge is -2.19. The van der Waals surface area contributed by atoms with E-state index in [0.29, 0.717) is 12.2 Å². The van der Waals surface area contributed by atoms with E-state index in [1.807, 2.05) is 22.8 Å². The fraction of sp³-hybridized carbons (Fsp3) is 0.414. The molecule has 0 fully saturated rings. The summed E-state index contributed by atoms with van der Waals surface area (Å²) in [5.41, 5.74) is 6.11. The molecule has 7 heteroatoms. The van der Waals surface area contributed by atoms with Crippen LogP contribution >= 0.6 is 0 Å². The summed E-state index contributed by atoms with van der Waals surface area (Å²) in [6.45, 7) is 9.31. The van der Waals surface area contributed by atoms with Gasteiger partial charge < -0.3 is 0 Å². The van der Waals surface area contributed by atoms with E-state index in [4.69, 9.17) is 4.98 Å². The SMILES string of the molecule is CCCCc1nc(C(C)C)n(CCCC)c(=O)c1Cc1ccc(-c2ccccc2-c2nnn[nH]2)cc1. The topological polar surface area (TPSA) is 89.3 Å². The van der Waals surface area contributed by atoms with Gasteiger partial charge in [-0.1, -0.05) is 89.1 Å². The third kappa shape index (κ3) is 5.61. The highest BCUT2D eigenvalue weighted by Crippen LogP contribution is 2.30. The molecule has 0 atom stereocenters. The molecule has 2 aromatic carbocycles. The summed E-state index contributed by atoms with van der Waals surface area (Å²) in [4.78, 5) is 18.8. The molecule has 2 aromatic heterocycles. The van der Waals surface area contributed by atoms with E-state index in [9.17, 15) is 4.79 Å². The minimum atomic E-state index is 0.125. The van der Waals surface area contributed by atoms with Crippen molar-refractivity contribution >= 4 is 0 Å². The summed E-state index contributed by atoms with van der Waals surface area (Å²) in [5.74, 6) is 1.76. The summed E-state index contributed by atoms with van der Waals surface area (Å²) < 4.78 is 1.93. The number of hydrogen-bond donors (Lipinski definition) is 1. The number of aromatic nitrogens is 6. The minimum absolute atomic E-state index is 0.125. The standard InChI is InChI=1S/C29H36N6O/c1-5-7-13-26-25(29(36)35(18-8-6-2)28(30-26)20(3)4)19-21-14-16-22(17-15-21)23-11-9-10-12-24(23)27-31-33-34-32-27/h9-12,14-17,20H,5-8,13,18-19H2,1-4H3,(H,31,32,33,34). The molecule has 0 aliphatic rings. The van der Waals surface area contributed by atoms with Gasteiger partial charge in [-0.05, 0) is 46.4 Å². The van der Waals surface area contributed by atoms with Crippen molar-refractivity contribution in [3.05, 3.63) is 81.5 Å². The van der Waals surface area contributed by atoms with E-state index >= 15 is 0 Å². The Labute approximate surface area is 213 Å². The quantitative estimate of drug-likeness (QED) is 0.284. The molecule has 7 nitrogen and oxygen atoms in total. The van der Waals surface area contributed by atoms with Crippen molar-refractivity contribution in [2.45, 2.75) is 78.7 Å². The molecule has 0 bridgehead atoms. The Hall–Kier alpha value is -3.61. The average Bonchev–Trinajstić information content (AvgIpc) is 3.43. The number of unbranched alkanes of at least 4 members (excludes halogenated alkanes) is 2. The molecule has 0 spiro atoms. The number of nitrogens with zero attached hydrogens (tertiary/aromatic N) is 5. The normalized spacial score (nSPS) is 11.4. The number of tetrazole rings is 1. The monoisotopic (exact) mass is 484 g/mol. The van der Waals surface area contributed by atoms with Crippen LogP contribution in [0.25, 0.3) is 22.5 Å². The van der Waals surface area contributed by atoms with Crippen LogP contribution in [0.4, 0.5) is 0 Å². The molecular formula is C29H36N6O. The van der Waals surface area contributed by atoms with E-state index in [-0.39, 0.29) is 11.5 Å². The first kappa shape index (κ1) is 25.5. The Balaban J connectivity index is 1.69. The van der Waals surface area contributed by atoms with E-state index in [1.165, 1.54) is 0 Å². The van der Waals surface area contributed by atoms with Gasteiger partial charge in [0.05, 0.1) is 5.69 Å². The van der Waals surface area contributed by atoms with Gasteiger partial charge in [-0.15, -0.1) is 5.10 Å². The lowest BCUT2D eigenvalue weighted by molar-refractivity contribution is 0.539. The van der Waals surface area contributed by atoms with Gasteiger partial charge in [0.2, 0.25) is 0 Å². The predicted molar refractivity (Wildman–Crippen MR) is 144 cm³/mol. The molecule has 0 amide bonds. The van der Waals surface area contributed by atoms with Crippen LogP contribution in [0.2, 0.25) is 0 Å². The fourth-order valence-electron chi connectivity index (χ4n) is 4.58. The molecule has 0 aliphatic carbocycles. The number of nitrogens with one attached hydrogen (secondary N) is 1. The third-order valence-corrected chi connectivity index (χ3v) is 6.57. The van der Waals surface area contributed by atoms with Crippen molar-refractivity contribution in [3.8, 4) is 22.5 Å². The molecule has 2 heterocycles. The Bertz CT molecular complexity index is 1320. The lowest BCUT2D eigenvalue weighted by atomic mass is 9.96. The van der Waals surface area contributed by atoms with Crippen LogP contribution in [-0.2, 0) is 19.4 Å². The Morgan fingerprint density at radius 3 is 2.31 bits per heavy atom. The van der Waals surface area contributed by atoms with Crippen molar-refractivity contribution in [1.82, 2.24) is 30.2 Å². The molecule has 4 aromatic rings. The number of H-pyrrole nitrogens is 1. The average molecular weight is 485 g/mol. The number of rotatable bonds is 11. The number of benzene rings is 2. The van der Waals surface area contributed by atoms with E-state index in [0.717, 1.165) is 78.0 Å². The van der Waals surface area contributed by atoms with Gasteiger partial charge in [-0.3, -0.25) is 9.36 Å². The van der Waals surface area contributed by atoms with Crippen LogP contribution < -0.4 is 5.56 Å². The molecular weight excluding hydrogens is 448 g/mol. The molecule has 0 aliphatic heterocycles. The van der Waals surface area contributed by atoms with Crippen molar-refractivity contribution in [3.63, 3.8) is 0 Å². The van der Waals surface area contributed by atoms with Gasteiger partial charge in [-0.2, -0.15) is 0 Å². The van der Waals surface area contributed by atoms with E-state index in [1.54, 1.807) is 0 Å². The summed E-state index contributed by atoms with van der Waals surface area (Å²) >= 11 is 0. The Morgan fingerprint density at radius 2 is 1.67 bits per heavy atom. The van der Waals surface area contributed by atoms with Gasteiger partial charge in [-0.25, -0.2) is 10.1 Å². The Morgan fingerprint density at radius 1 is 0.944 bits per heavy atom. The number of aromatic amines is 1. The lowest BCUT2D eigenvalue weighted by Crippen LogP contribution is -2.31. The van der Waals surface area contributed by atoms with E-state index in [2.05, 4.69) is 78.7 Å². The first-order valence-corrected chi connectivity index (χ1v) is 13.1. The van der Waals surface area contributed by atoms with Gasteiger partial charge >= 0.3 is 0 Å². The van der Waals surface area contributed by atoms with Gasteiger partial charge in [0.25, 0.3) is 5.56 Å². The summed E-state index contributed by atoms with van der Waals surface area (Å²) in [7, 11) is 0. The smallest absolute Gasteiger partial charge is 0.257 e. The van der Waals surface area contributed by atoms with Gasteiger partial charge in [0.1, 0.15) is 5.82 Å². The van der Waals surface area contributed by atoms with Crippen LogP contribution in [0.1, 0.15) is 81.9 Å². The molecule has 1 N–H and O–H groups in total. The zero-order valence-electron chi connectivity index (χ0n) is 21.8. The van der Waals surface area contributed by atoms with Gasteiger partial charge in [0.15, 0.2) is 5.82 Å². The van der Waals surface area contributed by atoms with Gasteiger partial charge in [0, 0.05) is 30.0 Å². The molecule has 0 saturated carbocycles. The fourth-order valence-corrected chi connectivity index (χ4v) is 4.58. The first-order chi connectivity index (χ1) is 17.5. The molecule has 188 valence electrons. The highest BCUT2D eigenvalue weighted by Gasteiger charge is 2.19. The van der Waals surface area contributed by atoms with Crippen molar-refractivity contribution in [2.75, 3.05) is 0 Å². The minimum Gasteiger partial charge on any atom is -0.296 e. The molecule has 4 rings (SSSR count). The Kier molecular flexibility index (Phi) is 8.41. The van der Waals surface area contributed by atoms with Crippen LogP contribution in [0.5, 0.6) is 0 Å². The highest BCUT2D eigenvalue weighted by atomic mass is 16.1. The zero-order chi connectivity index (χ0) is 25.5. The maximum absolute atomic E-state index is 13.8. The largest absolute Gasteiger partial charge is 0.296 e. The van der Waals surface area contributed by atoms with Crippen LogP contribution in [0, 0.1) is 0 Å². The van der Waals surface area contributed by atoms with Crippen LogP contribution in [-0.4, -0.2) is 30.2 Å². The molecule has 0 saturated heterocycles. The van der Waals surface area contributed by atoms with Crippen LogP contribution in [0.15, 0.2) is 53.3 Å². The summed E-state index contributed by atoms with van der Waals surface area (Å²) in [5, 5.41) is 14.4. The number of hydrogen-bond acceptors (Lipinski definition) is 5. The van der Waals surface area contributed by atoms with E-state index < -0.39 is 0 Å². The summed E-state index contributed by atoms with van der Waals surface area (Å²) in [6.07, 6.45) is 5.55. The molecule has 0 radical (unpaired) electrons. The third-order valence-electron chi connectivity index (χ3n) is 6.57. The van der Waals surface area contributed by atoms with Crippen molar-refractivity contribution in [2.24, 2.45) is 0 Å². The molecule has 0 unspecified atom stereocenters. The zero-order valence-corrected chi connectivity index (χ0v) is 21.8. The van der Waals surface area contributed by atoms with Crippen LogP contribution in [0.3, 0.4) is 0 Å².